The molecule has 0 aliphatic carbocycles. The molecule has 14 heavy (non-hydrogen) atoms. The van der Waals surface area contributed by atoms with E-state index in [0.717, 1.165) is 12.5 Å². The minimum atomic E-state index is 0. The molecule has 3 fully saturated rings. The van der Waals surface area contributed by atoms with Gasteiger partial charge in [-0.05, 0) is 31.8 Å². The van der Waals surface area contributed by atoms with Gasteiger partial charge in [-0.15, -0.1) is 24.0 Å². The second-order valence-electron chi connectivity index (χ2n) is 3.86. The third-order valence-electron chi connectivity index (χ3n) is 3.07. The number of hydrazine groups is 1. The molecule has 0 aromatic heterocycles. The van der Waals surface area contributed by atoms with Crippen LogP contribution in [0.5, 0.6) is 0 Å². The van der Waals surface area contributed by atoms with E-state index in [0.29, 0.717) is 12.0 Å². The first-order valence-electron chi connectivity index (χ1n) is 4.82. The number of halogens is 1. The Morgan fingerprint density at radius 1 is 1.36 bits per heavy atom. The first kappa shape index (κ1) is 12.0. The Kier molecular flexibility index (Phi) is 4.39. The van der Waals surface area contributed by atoms with Crippen LogP contribution in [0.4, 0.5) is 0 Å². The van der Waals surface area contributed by atoms with E-state index in [9.17, 15) is 0 Å². The standard InChI is InChI=1S/C8H17N5.HI/c9-8(12-10)11-7-5-13-3-1-6(7)2-4-13;/h6-7H,1-5,10H2,(H3,9,11,12);1H. The molecule has 3 aliphatic heterocycles. The first-order valence-corrected chi connectivity index (χ1v) is 4.82. The van der Waals surface area contributed by atoms with Gasteiger partial charge in [-0.2, -0.15) is 0 Å². The van der Waals surface area contributed by atoms with Crippen molar-refractivity contribution in [2.24, 2.45) is 22.5 Å². The largest absolute Gasteiger partial charge is 0.369 e. The summed E-state index contributed by atoms with van der Waals surface area (Å²) >= 11 is 0. The van der Waals surface area contributed by atoms with Crippen molar-refractivity contribution in [3.63, 3.8) is 0 Å². The first-order chi connectivity index (χ1) is 6.29. The second kappa shape index (κ2) is 5.13. The molecule has 0 radical (unpaired) electrons. The SMILES string of the molecule is I.NNC(N)=NC1CN2CCC1CC2. The summed E-state index contributed by atoms with van der Waals surface area (Å²) in [5.41, 5.74) is 7.91. The third-order valence-corrected chi connectivity index (χ3v) is 3.07. The number of guanidine groups is 1. The van der Waals surface area contributed by atoms with Crippen LogP contribution in [-0.2, 0) is 0 Å². The Hall–Kier alpha value is -0.0800. The van der Waals surface area contributed by atoms with Gasteiger partial charge in [-0.3, -0.25) is 5.43 Å². The number of nitrogens with two attached hydrogens (primary N) is 2. The quantitative estimate of drug-likeness (QED) is 0.200. The van der Waals surface area contributed by atoms with Gasteiger partial charge in [0.15, 0.2) is 0 Å². The van der Waals surface area contributed by atoms with Gasteiger partial charge in [-0.25, -0.2) is 10.8 Å². The summed E-state index contributed by atoms with van der Waals surface area (Å²) in [6.45, 7) is 3.51. The van der Waals surface area contributed by atoms with Gasteiger partial charge in [0.05, 0.1) is 6.04 Å². The molecule has 3 aliphatic rings. The van der Waals surface area contributed by atoms with Gasteiger partial charge in [0.2, 0.25) is 5.96 Å². The molecule has 0 saturated carbocycles. The number of fused-ring (bicyclic) bond motifs is 3. The highest BCUT2D eigenvalue weighted by Gasteiger charge is 2.33. The van der Waals surface area contributed by atoms with E-state index in [2.05, 4.69) is 15.3 Å². The Morgan fingerprint density at radius 3 is 2.43 bits per heavy atom. The van der Waals surface area contributed by atoms with Gasteiger partial charge in [0.25, 0.3) is 0 Å². The van der Waals surface area contributed by atoms with Crippen LogP contribution in [0.3, 0.4) is 0 Å². The van der Waals surface area contributed by atoms with Crippen LogP contribution >= 0.6 is 24.0 Å². The van der Waals surface area contributed by atoms with E-state index in [1.807, 2.05) is 0 Å². The number of nitrogens with zero attached hydrogens (tertiary/aromatic N) is 2. The monoisotopic (exact) mass is 311 g/mol. The summed E-state index contributed by atoms with van der Waals surface area (Å²) in [4.78, 5) is 6.80. The Bertz CT molecular complexity index is 212. The molecule has 82 valence electrons. The molecule has 0 aromatic carbocycles. The summed E-state index contributed by atoms with van der Waals surface area (Å²) in [7, 11) is 0. The van der Waals surface area contributed by atoms with Gasteiger partial charge in [0.1, 0.15) is 0 Å². The summed E-state index contributed by atoms with van der Waals surface area (Å²) in [6.07, 6.45) is 2.51. The summed E-state index contributed by atoms with van der Waals surface area (Å²) in [5.74, 6) is 6.25. The second-order valence-corrected chi connectivity index (χ2v) is 3.86. The molecule has 3 heterocycles. The molecule has 3 rings (SSSR count). The minimum Gasteiger partial charge on any atom is -0.369 e. The lowest BCUT2D eigenvalue weighted by molar-refractivity contribution is 0.0904. The average molecular weight is 311 g/mol. The van der Waals surface area contributed by atoms with Gasteiger partial charge >= 0.3 is 0 Å². The van der Waals surface area contributed by atoms with E-state index < -0.39 is 0 Å². The summed E-state index contributed by atoms with van der Waals surface area (Å²) < 4.78 is 0. The predicted octanol–water partition coefficient (Wildman–Crippen LogP) is -0.523. The lowest BCUT2D eigenvalue weighted by atomic mass is 9.84. The van der Waals surface area contributed by atoms with Gasteiger partial charge in [0, 0.05) is 6.54 Å². The highest BCUT2D eigenvalue weighted by atomic mass is 127. The van der Waals surface area contributed by atoms with Gasteiger partial charge in [-0.1, -0.05) is 0 Å². The lowest BCUT2D eigenvalue weighted by Gasteiger charge is -2.43. The maximum absolute atomic E-state index is 5.53. The van der Waals surface area contributed by atoms with E-state index in [-0.39, 0.29) is 24.0 Å². The van der Waals surface area contributed by atoms with Crippen molar-refractivity contribution < 1.29 is 0 Å². The fourth-order valence-corrected chi connectivity index (χ4v) is 2.30. The lowest BCUT2D eigenvalue weighted by Crippen LogP contribution is -2.51. The maximum Gasteiger partial charge on any atom is 0.203 e. The number of aliphatic imine (C=N–C) groups is 1. The van der Waals surface area contributed by atoms with Crippen molar-refractivity contribution in [3.05, 3.63) is 0 Å². The fraction of sp³-hybridized carbons (Fsp3) is 0.875. The molecule has 2 bridgehead atoms. The Balaban J connectivity index is 0.000000980. The summed E-state index contributed by atoms with van der Waals surface area (Å²) in [6, 6.07) is 0.360. The fourth-order valence-electron chi connectivity index (χ4n) is 2.30. The third kappa shape index (κ3) is 2.48. The predicted molar refractivity (Wildman–Crippen MR) is 67.3 cm³/mol. The molecular weight excluding hydrogens is 293 g/mol. The highest BCUT2D eigenvalue weighted by Crippen LogP contribution is 2.29. The van der Waals surface area contributed by atoms with Crippen molar-refractivity contribution >= 4 is 29.9 Å². The van der Waals surface area contributed by atoms with E-state index in [1.54, 1.807) is 0 Å². The topological polar surface area (TPSA) is 79.7 Å². The van der Waals surface area contributed by atoms with Crippen LogP contribution in [0, 0.1) is 5.92 Å². The van der Waals surface area contributed by atoms with E-state index >= 15 is 0 Å². The van der Waals surface area contributed by atoms with Crippen molar-refractivity contribution in [2.45, 2.75) is 18.9 Å². The smallest absolute Gasteiger partial charge is 0.203 e. The molecule has 3 saturated heterocycles. The van der Waals surface area contributed by atoms with Crippen LogP contribution in [0.1, 0.15) is 12.8 Å². The van der Waals surface area contributed by atoms with Crippen molar-refractivity contribution in [1.29, 1.82) is 0 Å². The zero-order valence-corrected chi connectivity index (χ0v) is 10.5. The average Bonchev–Trinajstić information content (AvgIpc) is 2.19. The molecule has 1 atom stereocenters. The zero-order chi connectivity index (χ0) is 9.26. The van der Waals surface area contributed by atoms with Crippen LogP contribution in [-0.4, -0.2) is 36.5 Å². The van der Waals surface area contributed by atoms with Crippen LogP contribution in [0.2, 0.25) is 0 Å². The van der Waals surface area contributed by atoms with Crippen LogP contribution in [0.25, 0.3) is 0 Å². The molecule has 5 nitrogen and oxygen atoms in total. The minimum absolute atomic E-state index is 0. The normalized spacial score (nSPS) is 36.4. The molecule has 0 spiro atoms. The van der Waals surface area contributed by atoms with E-state index in [1.165, 1.54) is 25.9 Å². The molecule has 0 amide bonds. The van der Waals surface area contributed by atoms with Crippen LogP contribution in [0.15, 0.2) is 4.99 Å². The van der Waals surface area contributed by atoms with Crippen LogP contribution < -0.4 is 17.0 Å². The number of piperidine rings is 3. The van der Waals surface area contributed by atoms with Crippen molar-refractivity contribution in [3.8, 4) is 0 Å². The summed E-state index contributed by atoms with van der Waals surface area (Å²) in [5, 5.41) is 0. The number of rotatable bonds is 1. The Labute approximate surface area is 101 Å². The maximum atomic E-state index is 5.53. The zero-order valence-electron chi connectivity index (χ0n) is 8.15. The molecule has 5 N–H and O–H groups in total. The highest BCUT2D eigenvalue weighted by molar-refractivity contribution is 14.0. The number of hydrogen-bond acceptors (Lipinski definition) is 3. The van der Waals surface area contributed by atoms with Gasteiger partial charge < -0.3 is 10.6 Å². The molecule has 1 unspecified atom stereocenters. The molecule has 0 aromatic rings. The number of hydrogen-bond donors (Lipinski definition) is 3. The number of nitrogens with one attached hydrogen (secondary N) is 1. The van der Waals surface area contributed by atoms with Crippen molar-refractivity contribution in [2.75, 3.05) is 19.6 Å². The Morgan fingerprint density at radius 2 is 2.00 bits per heavy atom. The molecule has 6 heteroatoms. The van der Waals surface area contributed by atoms with Crippen molar-refractivity contribution in [1.82, 2.24) is 10.3 Å². The molecular formula is C8H18IN5. The van der Waals surface area contributed by atoms with E-state index in [4.69, 9.17) is 11.6 Å².